The Morgan fingerprint density at radius 2 is 1.71 bits per heavy atom. The maximum atomic E-state index is 13.5. The van der Waals surface area contributed by atoms with E-state index in [4.69, 9.17) is 27.9 Å². The summed E-state index contributed by atoms with van der Waals surface area (Å²) in [5.41, 5.74) is 0.866. The smallest absolute Gasteiger partial charge is 0.244 e. The number of nitrogens with one attached hydrogen (secondary N) is 1. The third-order valence-electron chi connectivity index (χ3n) is 5.54. The number of nitrogens with zero attached hydrogens (tertiary/aromatic N) is 2. The van der Waals surface area contributed by atoms with E-state index in [1.54, 1.807) is 38.3 Å². The molecule has 0 heterocycles. The van der Waals surface area contributed by atoms with Gasteiger partial charge in [-0.2, -0.15) is 0 Å². The van der Waals surface area contributed by atoms with Crippen molar-refractivity contribution in [3.05, 3.63) is 58.1 Å². The van der Waals surface area contributed by atoms with E-state index in [0.29, 0.717) is 10.8 Å². The lowest BCUT2D eigenvalue weighted by atomic mass is 10.1. The molecule has 35 heavy (non-hydrogen) atoms. The molecule has 2 rings (SSSR count). The molecule has 0 aliphatic carbocycles. The lowest BCUT2D eigenvalue weighted by molar-refractivity contribution is -0.139. The number of methoxy groups -OCH3 is 1. The molecule has 8 nitrogen and oxygen atoms in total. The molecule has 0 aromatic heterocycles. The number of halogens is 2. The fourth-order valence-electron chi connectivity index (χ4n) is 3.25. The molecule has 0 aliphatic rings. The Morgan fingerprint density at radius 3 is 2.23 bits per heavy atom. The molecule has 2 atom stereocenters. The molecular weight excluding hydrogens is 513 g/mol. The molecule has 192 valence electrons. The Hall–Kier alpha value is -2.49. The van der Waals surface area contributed by atoms with E-state index in [9.17, 15) is 18.0 Å². The fraction of sp³-hybridized carbons (Fsp3) is 0.417. The highest BCUT2D eigenvalue weighted by atomic mass is 35.5. The molecule has 1 N–H and O–H groups in total. The number of anilines is 1. The Balaban J connectivity index is 2.41. The first-order valence-corrected chi connectivity index (χ1v) is 13.6. The normalized spacial score (nSPS) is 13.0. The minimum atomic E-state index is -3.89. The Bertz CT molecular complexity index is 1140. The van der Waals surface area contributed by atoms with Gasteiger partial charge in [0.2, 0.25) is 21.8 Å². The zero-order valence-electron chi connectivity index (χ0n) is 20.4. The topological polar surface area (TPSA) is 96.0 Å². The summed E-state index contributed by atoms with van der Waals surface area (Å²) in [6.07, 6.45) is 1.71. The molecule has 0 saturated carbocycles. The zero-order chi connectivity index (χ0) is 26.3. The Morgan fingerprint density at radius 1 is 1.09 bits per heavy atom. The summed E-state index contributed by atoms with van der Waals surface area (Å²) in [7, 11) is -2.34. The lowest BCUT2D eigenvalue weighted by Crippen LogP contribution is -2.52. The summed E-state index contributed by atoms with van der Waals surface area (Å²) in [4.78, 5) is 27.8. The van der Waals surface area contributed by atoms with Crippen molar-refractivity contribution in [2.45, 2.75) is 45.8 Å². The molecule has 0 aliphatic heterocycles. The first kappa shape index (κ1) is 28.7. The van der Waals surface area contributed by atoms with Crippen molar-refractivity contribution >= 4 is 50.7 Å². The highest BCUT2D eigenvalue weighted by Crippen LogP contribution is 2.30. The number of ether oxygens (including phenoxy) is 1. The van der Waals surface area contributed by atoms with Crippen LogP contribution in [0.5, 0.6) is 5.75 Å². The van der Waals surface area contributed by atoms with Crippen molar-refractivity contribution in [3.8, 4) is 5.75 Å². The molecule has 0 fully saturated rings. The first-order chi connectivity index (χ1) is 16.4. The third-order valence-corrected chi connectivity index (χ3v) is 7.20. The van der Waals surface area contributed by atoms with Crippen LogP contribution in [-0.4, -0.2) is 57.1 Å². The second-order valence-corrected chi connectivity index (χ2v) is 11.0. The maximum Gasteiger partial charge on any atom is 0.244 e. The van der Waals surface area contributed by atoms with Crippen LogP contribution in [0, 0.1) is 0 Å². The first-order valence-electron chi connectivity index (χ1n) is 11.0. The molecule has 2 unspecified atom stereocenters. The Kier molecular flexibility index (Phi) is 10.2. The van der Waals surface area contributed by atoms with Crippen LogP contribution < -0.4 is 14.4 Å². The van der Waals surface area contributed by atoms with Crippen LogP contribution in [-0.2, 0) is 26.2 Å². The fourth-order valence-corrected chi connectivity index (χ4v) is 4.68. The summed E-state index contributed by atoms with van der Waals surface area (Å²) < 4.78 is 31.3. The predicted molar refractivity (Wildman–Crippen MR) is 140 cm³/mol. The van der Waals surface area contributed by atoms with Crippen molar-refractivity contribution in [3.63, 3.8) is 0 Å². The predicted octanol–water partition coefficient (Wildman–Crippen LogP) is 4.10. The highest BCUT2D eigenvalue weighted by molar-refractivity contribution is 7.92. The molecule has 2 aromatic carbocycles. The minimum absolute atomic E-state index is 0.0803. The van der Waals surface area contributed by atoms with Crippen LogP contribution in [0.3, 0.4) is 0 Å². The average Bonchev–Trinajstić information content (AvgIpc) is 2.80. The average molecular weight is 545 g/mol. The van der Waals surface area contributed by atoms with Crippen molar-refractivity contribution in [1.82, 2.24) is 10.2 Å². The van der Waals surface area contributed by atoms with Gasteiger partial charge in [0.05, 0.1) is 24.1 Å². The van der Waals surface area contributed by atoms with E-state index in [1.165, 1.54) is 23.1 Å². The molecule has 0 saturated heterocycles. The van der Waals surface area contributed by atoms with Crippen LogP contribution in [0.15, 0.2) is 42.5 Å². The number of hydrogen-bond donors (Lipinski definition) is 1. The van der Waals surface area contributed by atoms with E-state index < -0.39 is 28.5 Å². The van der Waals surface area contributed by atoms with Gasteiger partial charge in [-0.3, -0.25) is 13.9 Å². The van der Waals surface area contributed by atoms with Gasteiger partial charge in [0.1, 0.15) is 18.3 Å². The van der Waals surface area contributed by atoms with Gasteiger partial charge in [0, 0.05) is 17.6 Å². The van der Waals surface area contributed by atoms with Crippen molar-refractivity contribution < 1.29 is 22.7 Å². The number of amides is 2. The van der Waals surface area contributed by atoms with Gasteiger partial charge in [-0.15, -0.1) is 0 Å². The monoisotopic (exact) mass is 543 g/mol. The Labute approximate surface area is 217 Å². The molecule has 0 bridgehead atoms. The SMILES string of the molecule is CCC(C)NC(=O)C(C)N(Cc1ccc(OC)cc1)C(=O)CN(c1ccc(Cl)cc1Cl)S(C)(=O)=O. The third kappa shape index (κ3) is 8.02. The standard InChI is InChI=1S/C24H31Cl2N3O5S/c1-6-16(2)27-24(31)17(3)28(14-18-7-10-20(34-4)11-8-18)23(30)15-29(35(5,32)33)22-12-9-19(25)13-21(22)26/h7-13,16-17H,6,14-15H2,1-5H3,(H,27,31). The summed E-state index contributed by atoms with van der Waals surface area (Å²) in [5, 5.41) is 3.29. The molecule has 0 spiro atoms. The number of sulfonamides is 1. The summed E-state index contributed by atoms with van der Waals surface area (Å²) in [5.74, 6) is -0.254. The summed E-state index contributed by atoms with van der Waals surface area (Å²) in [6, 6.07) is 10.4. The molecule has 0 radical (unpaired) electrons. The molecule has 2 amide bonds. The summed E-state index contributed by atoms with van der Waals surface area (Å²) in [6.45, 7) is 4.96. The van der Waals surface area contributed by atoms with E-state index in [1.807, 2.05) is 13.8 Å². The molecule has 11 heteroatoms. The number of rotatable bonds is 11. The van der Waals surface area contributed by atoms with Crippen molar-refractivity contribution in [1.29, 1.82) is 0 Å². The van der Waals surface area contributed by atoms with Crippen LogP contribution in [0.4, 0.5) is 5.69 Å². The number of carbonyl (C=O) groups is 2. The van der Waals surface area contributed by atoms with Gasteiger partial charge in [-0.1, -0.05) is 42.3 Å². The molecular formula is C24H31Cl2N3O5S. The maximum absolute atomic E-state index is 13.5. The lowest BCUT2D eigenvalue weighted by Gasteiger charge is -2.32. The van der Waals surface area contributed by atoms with E-state index >= 15 is 0 Å². The second-order valence-electron chi connectivity index (χ2n) is 8.23. The van der Waals surface area contributed by atoms with Gasteiger partial charge in [-0.25, -0.2) is 8.42 Å². The van der Waals surface area contributed by atoms with Crippen LogP contribution in [0.2, 0.25) is 10.0 Å². The van der Waals surface area contributed by atoms with Crippen LogP contribution >= 0.6 is 23.2 Å². The highest BCUT2D eigenvalue weighted by Gasteiger charge is 2.31. The van der Waals surface area contributed by atoms with Gasteiger partial charge < -0.3 is 15.0 Å². The van der Waals surface area contributed by atoms with Crippen molar-refractivity contribution in [2.75, 3.05) is 24.2 Å². The quantitative estimate of drug-likeness (QED) is 0.460. The number of carbonyl (C=O) groups excluding carboxylic acids is 2. The largest absolute Gasteiger partial charge is 0.497 e. The van der Waals surface area contributed by atoms with E-state index in [0.717, 1.165) is 22.5 Å². The zero-order valence-corrected chi connectivity index (χ0v) is 22.7. The second kappa shape index (κ2) is 12.5. The van der Waals surface area contributed by atoms with Gasteiger partial charge >= 0.3 is 0 Å². The van der Waals surface area contributed by atoms with Gasteiger partial charge in [0.15, 0.2) is 0 Å². The van der Waals surface area contributed by atoms with Gasteiger partial charge in [-0.05, 0) is 56.2 Å². The van der Waals surface area contributed by atoms with Crippen LogP contribution in [0.25, 0.3) is 0 Å². The molecule has 2 aromatic rings. The van der Waals surface area contributed by atoms with Crippen molar-refractivity contribution in [2.24, 2.45) is 0 Å². The number of benzene rings is 2. The van der Waals surface area contributed by atoms with E-state index in [2.05, 4.69) is 5.32 Å². The van der Waals surface area contributed by atoms with E-state index in [-0.39, 0.29) is 29.2 Å². The van der Waals surface area contributed by atoms with Crippen LogP contribution in [0.1, 0.15) is 32.8 Å². The minimum Gasteiger partial charge on any atom is -0.497 e. The number of hydrogen-bond acceptors (Lipinski definition) is 5. The summed E-state index contributed by atoms with van der Waals surface area (Å²) >= 11 is 12.2. The van der Waals surface area contributed by atoms with Gasteiger partial charge in [0.25, 0.3) is 0 Å².